The average Bonchev–Trinajstić information content (AvgIpc) is 2.52. The summed E-state index contributed by atoms with van der Waals surface area (Å²) in [5.74, 6) is 0.222. The van der Waals surface area contributed by atoms with Gasteiger partial charge in [0.05, 0.1) is 12.6 Å². The van der Waals surface area contributed by atoms with Gasteiger partial charge < -0.3 is 25.7 Å². The zero-order valence-electron chi connectivity index (χ0n) is 11.8. The number of amidine groups is 1. The van der Waals surface area contributed by atoms with Crippen LogP contribution in [0.4, 0.5) is 0 Å². The summed E-state index contributed by atoms with van der Waals surface area (Å²) in [7, 11) is 0. The molecular formula is C15H22N2O4. The Hall–Kier alpha value is -1.47. The molecule has 1 aromatic rings. The van der Waals surface area contributed by atoms with E-state index in [1.807, 2.05) is 30.3 Å². The Bertz CT molecular complexity index is 464. The summed E-state index contributed by atoms with van der Waals surface area (Å²) >= 11 is 0. The quantitative estimate of drug-likeness (QED) is 0.451. The summed E-state index contributed by atoms with van der Waals surface area (Å²) in [6.07, 6.45) is -2.11. The first kappa shape index (κ1) is 15.9. The van der Waals surface area contributed by atoms with Crippen LogP contribution in [0, 0.1) is 0 Å². The third kappa shape index (κ3) is 4.01. The molecule has 1 aliphatic heterocycles. The number of rotatable bonds is 5. The smallest absolute Gasteiger partial charge is 0.139 e. The molecule has 0 amide bonds. The van der Waals surface area contributed by atoms with Gasteiger partial charge in [-0.25, -0.2) is 0 Å². The number of hydrogen-bond donors (Lipinski definition) is 5. The molecular weight excluding hydrogens is 272 g/mol. The van der Waals surface area contributed by atoms with Crippen molar-refractivity contribution in [3.05, 3.63) is 35.9 Å². The van der Waals surface area contributed by atoms with Gasteiger partial charge in [0, 0.05) is 6.54 Å². The van der Waals surface area contributed by atoms with Crippen LogP contribution in [0.25, 0.3) is 0 Å². The number of nitrogens with one attached hydrogen (secondary N) is 1. The van der Waals surface area contributed by atoms with Crippen LogP contribution >= 0.6 is 0 Å². The molecule has 0 aliphatic carbocycles. The Morgan fingerprint density at radius 1 is 1.05 bits per heavy atom. The largest absolute Gasteiger partial charge is 0.394 e. The van der Waals surface area contributed by atoms with Crippen LogP contribution in [0.15, 0.2) is 35.3 Å². The first-order valence-corrected chi connectivity index (χ1v) is 7.13. The summed E-state index contributed by atoms with van der Waals surface area (Å²) in [5.41, 5.74) is 1.22. The van der Waals surface area contributed by atoms with Crippen LogP contribution in [0.1, 0.15) is 12.0 Å². The van der Waals surface area contributed by atoms with Gasteiger partial charge in [0.25, 0.3) is 0 Å². The molecule has 0 radical (unpaired) electrons. The maximum Gasteiger partial charge on any atom is 0.139 e. The van der Waals surface area contributed by atoms with E-state index in [1.54, 1.807) is 0 Å². The molecule has 1 aromatic carbocycles. The van der Waals surface area contributed by atoms with Crippen molar-refractivity contribution in [2.24, 2.45) is 4.99 Å². The van der Waals surface area contributed by atoms with Gasteiger partial charge in [-0.2, -0.15) is 0 Å². The number of hydrogen-bond acceptors (Lipinski definition) is 5. The Labute approximate surface area is 123 Å². The number of aryl methyl sites for hydroxylation is 1. The average molecular weight is 294 g/mol. The topological polar surface area (TPSA) is 105 Å². The van der Waals surface area contributed by atoms with E-state index in [4.69, 9.17) is 5.11 Å². The molecule has 1 aliphatic rings. The molecule has 0 spiro atoms. The predicted octanol–water partition coefficient (Wildman–Crippen LogP) is -0.936. The maximum atomic E-state index is 9.85. The van der Waals surface area contributed by atoms with E-state index in [-0.39, 0.29) is 12.4 Å². The molecule has 0 aromatic heterocycles. The fraction of sp³-hybridized carbons (Fsp3) is 0.533. The van der Waals surface area contributed by atoms with Gasteiger partial charge in [-0.15, -0.1) is 0 Å². The lowest BCUT2D eigenvalue weighted by Crippen LogP contribution is -2.63. The molecule has 0 saturated carbocycles. The molecule has 1 saturated heterocycles. The highest BCUT2D eigenvalue weighted by molar-refractivity contribution is 5.88. The fourth-order valence-corrected chi connectivity index (χ4v) is 2.37. The molecule has 4 atom stereocenters. The van der Waals surface area contributed by atoms with Gasteiger partial charge in [-0.05, 0) is 18.4 Å². The van der Waals surface area contributed by atoms with Crippen molar-refractivity contribution in [2.45, 2.75) is 37.2 Å². The van der Waals surface area contributed by atoms with Crippen molar-refractivity contribution in [2.75, 3.05) is 13.2 Å². The number of benzene rings is 1. The highest BCUT2D eigenvalue weighted by atomic mass is 16.4. The zero-order valence-corrected chi connectivity index (χ0v) is 11.8. The van der Waals surface area contributed by atoms with Crippen LogP contribution < -0.4 is 5.32 Å². The van der Waals surface area contributed by atoms with E-state index in [2.05, 4.69) is 10.3 Å². The lowest BCUT2D eigenvalue weighted by atomic mass is 9.95. The number of nitrogens with zero attached hydrogens (tertiary/aromatic N) is 1. The second-order valence-electron chi connectivity index (χ2n) is 5.22. The standard InChI is InChI=1S/C15H22N2O4/c18-9-11-12(19)13(20)14(21)15(17-11)16-8-4-7-10-5-2-1-3-6-10/h1-3,5-6,11-14,18-21H,4,7-9H2,(H,16,17)/t11-,12+,13+,14-/m1/s1. The van der Waals surface area contributed by atoms with Gasteiger partial charge in [0.15, 0.2) is 0 Å². The predicted molar refractivity (Wildman–Crippen MR) is 79.1 cm³/mol. The first-order chi connectivity index (χ1) is 10.1. The number of aliphatic hydroxyl groups is 4. The van der Waals surface area contributed by atoms with Gasteiger partial charge in [0.2, 0.25) is 0 Å². The number of aliphatic imine (C=N–C) groups is 1. The molecule has 0 unspecified atom stereocenters. The van der Waals surface area contributed by atoms with Crippen molar-refractivity contribution >= 4 is 5.84 Å². The van der Waals surface area contributed by atoms with Crippen LogP contribution in [-0.2, 0) is 6.42 Å². The number of piperidine rings is 1. The molecule has 1 heterocycles. The van der Waals surface area contributed by atoms with Gasteiger partial charge in [-0.1, -0.05) is 30.3 Å². The Kier molecular flexibility index (Phi) is 5.69. The lowest BCUT2D eigenvalue weighted by molar-refractivity contribution is -0.0681. The molecule has 1 fully saturated rings. The van der Waals surface area contributed by atoms with Crippen LogP contribution in [0.2, 0.25) is 0 Å². The lowest BCUT2D eigenvalue weighted by Gasteiger charge is -2.36. The van der Waals surface area contributed by atoms with E-state index in [0.717, 1.165) is 12.8 Å². The first-order valence-electron chi connectivity index (χ1n) is 7.13. The van der Waals surface area contributed by atoms with Crippen molar-refractivity contribution in [1.82, 2.24) is 5.32 Å². The van der Waals surface area contributed by atoms with Crippen molar-refractivity contribution in [1.29, 1.82) is 0 Å². The highest BCUT2D eigenvalue weighted by Gasteiger charge is 2.39. The SMILES string of the molecule is OC[C@H]1NC(=NCCCc2ccccc2)[C@H](O)[C@@H](O)[C@H]1O. The number of aliphatic hydroxyl groups excluding tert-OH is 4. The molecule has 116 valence electrons. The molecule has 5 N–H and O–H groups in total. The summed E-state index contributed by atoms with van der Waals surface area (Å²) in [5, 5.41) is 41.1. The molecule has 2 rings (SSSR count). The van der Waals surface area contributed by atoms with E-state index >= 15 is 0 Å². The second kappa shape index (κ2) is 7.51. The summed E-state index contributed by atoms with van der Waals surface area (Å²) in [6, 6.07) is 9.31. The van der Waals surface area contributed by atoms with E-state index < -0.39 is 24.4 Å². The van der Waals surface area contributed by atoms with Gasteiger partial charge >= 0.3 is 0 Å². The van der Waals surface area contributed by atoms with Crippen molar-refractivity contribution in [3.63, 3.8) is 0 Å². The maximum absolute atomic E-state index is 9.85. The Morgan fingerprint density at radius 2 is 1.76 bits per heavy atom. The third-order valence-corrected chi connectivity index (χ3v) is 3.64. The third-order valence-electron chi connectivity index (χ3n) is 3.64. The molecule has 6 nitrogen and oxygen atoms in total. The molecule has 21 heavy (non-hydrogen) atoms. The van der Waals surface area contributed by atoms with Crippen molar-refractivity contribution < 1.29 is 20.4 Å². The minimum Gasteiger partial charge on any atom is -0.394 e. The Morgan fingerprint density at radius 3 is 2.43 bits per heavy atom. The van der Waals surface area contributed by atoms with Crippen LogP contribution in [0.3, 0.4) is 0 Å². The monoisotopic (exact) mass is 294 g/mol. The highest BCUT2D eigenvalue weighted by Crippen LogP contribution is 2.12. The molecule has 0 bridgehead atoms. The van der Waals surface area contributed by atoms with Crippen LogP contribution in [0.5, 0.6) is 0 Å². The Balaban J connectivity index is 1.88. The van der Waals surface area contributed by atoms with Crippen LogP contribution in [-0.4, -0.2) is 63.8 Å². The fourth-order valence-electron chi connectivity index (χ4n) is 2.37. The minimum atomic E-state index is -1.34. The summed E-state index contributed by atoms with van der Waals surface area (Å²) in [6.45, 7) is 0.156. The normalized spacial score (nSPS) is 31.1. The summed E-state index contributed by atoms with van der Waals surface area (Å²) < 4.78 is 0. The zero-order chi connectivity index (χ0) is 15.2. The van der Waals surface area contributed by atoms with E-state index in [0.29, 0.717) is 6.54 Å². The second-order valence-corrected chi connectivity index (χ2v) is 5.22. The van der Waals surface area contributed by atoms with Crippen molar-refractivity contribution in [3.8, 4) is 0 Å². The van der Waals surface area contributed by atoms with E-state index in [1.165, 1.54) is 5.56 Å². The summed E-state index contributed by atoms with van der Waals surface area (Å²) in [4.78, 5) is 4.24. The van der Waals surface area contributed by atoms with Gasteiger partial charge in [0.1, 0.15) is 24.1 Å². The minimum absolute atomic E-state index is 0.222. The van der Waals surface area contributed by atoms with E-state index in [9.17, 15) is 15.3 Å². The van der Waals surface area contributed by atoms with Gasteiger partial charge in [-0.3, -0.25) is 4.99 Å². The molecule has 6 heteroatoms.